The molecule has 2 rings (SSSR count). The van der Waals surface area contributed by atoms with E-state index in [2.05, 4.69) is 9.97 Å². The summed E-state index contributed by atoms with van der Waals surface area (Å²) in [6.07, 6.45) is 7.01. The molecule has 0 aliphatic heterocycles. The van der Waals surface area contributed by atoms with Gasteiger partial charge in [-0.15, -0.1) is 0 Å². The molecule has 2 aromatic rings. The molecule has 2 N–H and O–H groups in total. The number of hydrogen-bond acceptors (Lipinski definition) is 4. The molecule has 1 atom stereocenters. The number of aromatic nitrogens is 2. The topological polar surface area (TPSA) is 61.0 Å². The second kappa shape index (κ2) is 6.85. The summed E-state index contributed by atoms with van der Waals surface area (Å²) in [5.41, 5.74) is 8.25. The van der Waals surface area contributed by atoms with Gasteiger partial charge >= 0.3 is 0 Å². The number of ether oxygens (including phenoxy) is 1. The summed E-state index contributed by atoms with van der Waals surface area (Å²) in [4.78, 5) is 8.45. The van der Waals surface area contributed by atoms with E-state index in [4.69, 9.17) is 10.5 Å². The van der Waals surface area contributed by atoms with E-state index in [9.17, 15) is 0 Å². The lowest BCUT2D eigenvalue weighted by Crippen LogP contribution is -2.12. The van der Waals surface area contributed by atoms with Crippen molar-refractivity contribution in [3.05, 3.63) is 54.1 Å². The molecular formula is C15H19N3O. The molecule has 100 valence electrons. The Labute approximate surface area is 113 Å². The van der Waals surface area contributed by atoms with Crippen molar-refractivity contribution in [3.63, 3.8) is 0 Å². The standard InChI is InChI=1S/C15H19N3O/c1-2-19-14-9-12(10-17-11-14)15(16)7-6-13-5-3-4-8-18-13/h3-5,8-11,15H,2,6-7,16H2,1H3. The minimum absolute atomic E-state index is 0.0464. The highest BCUT2D eigenvalue weighted by molar-refractivity contribution is 5.26. The Hall–Kier alpha value is -1.94. The predicted molar refractivity (Wildman–Crippen MR) is 74.9 cm³/mol. The molecule has 0 saturated heterocycles. The summed E-state index contributed by atoms with van der Waals surface area (Å²) in [7, 11) is 0. The van der Waals surface area contributed by atoms with Crippen molar-refractivity contribution in [1.82, 2.24) is 9.97 Å². The van der Waals surface area contributed by atoms with Crippen LogP contribution in [-0.2, 0) is 6.42 Å². The van der Waals surface area contributed by atoms with Gasteiger partial charge in [-0.25, -0.2) is 0 Å². The molecule has 0 aliphatic carbocycles. The third-order valence-corrected chi connectivity index (χ3v) is 2.91. The van der Waals surface area contributed by atoms with Crippen molar-refractivity contribution in [2.45, 2.75) is 25.8 Å². The van der Waals surface area contributed by atoms with Gasteiger partial charge in [0.1, 0.15) is 5.75 Å². The van der Waals surface area contributed by atoms with Crippen LogP contribution in [0.3, 0.4) is 0 Å². The quantitative estimate of drug-likeness (QED) is 0.863. The van der Waals surface area contributed by atoms with Crippen LogP contribution in [0, 0.1) is 0 Å². The third-order valence-electron chi connectivity index (χ3n) is 2.91. The Morgan fingerprint density at radius 3 is 2.95 bits per heavy atom. The van der Waals surface area contributed by atoms with Crippen LogP contribution >= 0.6 is 0 Å². The van der Waals surface area contributed by atoms with Crippen molar-refractivity contribution in [2.24, 2.45) is 5.73 Å². The second-order valence-corrected chi connectivity index (χ2v) is 4.35. The number of pyridine rings is 2. The maximum absolute atomic E-state index is 6.18. The Balaban J connectivity index is 1.95. The Morgan fingerprint density at radius 1 is 1.32 bits per heavy atom. The highest BCUT2D eigenvalue weighted by Gasteiger charge is 2.08. The molecule has 0 aliphatic rings. The fraction of sp³-hybridized carbons (Fsp3) is 0.333. The number of rotatable bonds is 6. The van der Waals surface area contributed by atoms with Gasteiger partial charge in [-0.3, -0.25) is 9.97 Å². The van der Waals surface area contributed by atoms with Crippen LogP contribution in [0.2, 0.25) is 0 Å². The van der Waals surface area contributed by atoms with Gasteiger partial charge in [-0.05, 0) is 43.5 Å². The largest absolute Gasteiger partial charge is 0.492 e. The molecule has 19 heavy (non-hydrogen) atoms. The van der Waals surface area contributed by atoms with E-state index >= 15 is 0 Å². The molecule has 1 unspecified atom stereocenters. The van der Waals surface area contributed by atoms with Crippen LogP contribution in [0.4, 0.5) is 0 Å². The normalized spacial score (nSPS) is 12.1. The molecule has 4 nitrogen and oxygen atoms in total. The monoisotopic (exact) mass is 257 g/mol. The lowest BCUT2D eigenvalue weighted by molar-refractivity contribution is 0.338. The Morgan fingerprint density at radius 2 is 2.21 bits per heavy atom. The van der Waals surface area contributed by atoms with E-state index in [1.165, 1.54) is 0 Å². The maximum Gasteiger partial charge on any atom is 0.137 e. The minimum atomic E-state index is -0.0464. The molecule has 0 amide bonds. The smallest absolute Gasteiger partial charge is 0.137 e. The first-order chi connectivity index (χ1) is 9.29. The SMILES string of the molecule is CCOc1cncc(C(N)CCc2ccccn2)c1. The Kier molecular flexibility index (Phi) is 4.86. The van der Waals surface area contributed by atoms with E-state index in [1.54, 1.807) is 18.6 Å². The van der Waals surface area contributed by atoms with E-state index < -0.39 is 0 Å². The maximum atomic E-state index is 6.18. The zero-order valence-electron chi connectivity index (χ0n) is 11.1. The van der Waals surface area contributed by atoms with Gasteiger partial charge in [-0.1, -0.05) is 6.07 Å². The summed E-state index contributed by atoms with van der Waals surface area (Å²) in [6, 6.07) is 7.83. The molecule has 0 bridgehead atoms. The zero-order chi connectivity index (χ0) is 13.5. The minimum Gasteiger partial charge on any atom is -0.492 e. The summed E-state index contributed by atoms with van der Waals surface area (Å²) < 4.78 is 5.43. The molecule has 0 aromatic carbocycles. The number of nitrogens with two attached hydrogens (primary N) is 1. The van der Waals surface area contributed by atoms with Crippen LogP contribution in [0.5, 0.6) is 5.75 Å². The molecule has 2 aromatic heterocycles. The van der Waals surface area contributed by atoms with Crippen molar-refractivity contribution in [2.75, 3.05) is 6.61 Å². The van der Waals surface area contributed by atoms with Gasteiger partial charge in [0.2, 0.25) is 0 Å². The first kappa shape index (κ1) is 13.5. The average molecular weight is 257 g/mol. The summed E-state index contributed by atoms with van der Waals surface area (Å²) in [5.74, 6) is 0.772. The first-order valence-electron chi connectivity index (χ1n) is 6.53. The molecular weight excluding hydrogens is 238 g/mol. The van der Waals surface area contributed by atoms with Crippen molar-refractivity contribution in [1.29, 1.82) is 0 Å². The first-order valence-corrected chi connectivity index (χ1v) is 6.53. The fourth-order valence-electron chi connectivity index (χ4n) is 1.90. The number of nitrogens with zero attached hydrogens (tertiary/aromatic N) is 2. The van der Waals surface area contributed by atoms with Crippen molar-refractivity contribution < 1.29 is 4.74 Å². The predicted octanol–water partition coefficient (Wildman–Crippen LogP) is 2.51. The van der Waals surface area contributed by atoms with Gasteiger partial charge in [0.05, 0.1) is 12.8 Å². The van der Waals surface area contributed by atoms with Gasteiger partial charge in [0, 0.05) is 24.1 Å². The molecule has 2 heterocycles. The Bertz CT molecular complexity index is 502. The highest BCUT2D eigenvalue weighted by atomic mass is 16.5. The molecule has 4 heteroatoms. The van der Waals surface area contributed by atoms with E-state index in [1.807, 2.05) is 31.2 Å². The number of aryl methyl sites for hydroxylation is 1. The molecule has 0 fully saturated rings. The van der Waals surface area contributed by atoms with Gasteiger partial charge in [0.15, 0.2) is 0 Å². The lowest BCUT2D eigenvalue weighted by Gasteiger charge is -2.12. The van der Waals surface area contributed by atoms with Crippen molar-refractivity contribution in [3.8, 4) is 5.75 Å². The summed E-state index contributed by atoms with van der Waals surface area (Å²) in [6.45, 7) is 2.59. The summed E-state index contributed by atoms with van der Waals surface area (Å²) >= 11 is 0. The van der Waals surface area contributed by atoms with Crippen LogP contribution in [0.25, 0.3) is 0 Å². The van der Waals surface area contributed by atoms with E-state index in [-0.39, 0.29) is 6.04 Å². The third kappa shape index (κ3) is 4.03. The average Bonchev–Trinajstić information content (AvgIpc) is 2.46. The van der Waals surface area contributed by atoms with Crippen LogP contribution in [0.15, 0.2) is 42.9 Å². The fourth-order valence-corrected chi connectivity index (χ4v) is 1.90. The van der Waals surface area contributed by atoms with Crippen molar-refractivity contribution >= 4 is 0 Å². The van der Waals surface area contributed by atoms with E-state index in [0.717, 1.165) is 29.8 Å². The molecule has 0 spiro atoms. The van der Waals surface area contributed by atoms with Gasteiger partial charge in [0.25, 0.3) is 0 Å². The van der Waals surface area contributed by atoms with Gasteiger partial charge < -0.3 is 10.5 Å². The highest BCUT2D eigenvalue weighted by Crippen LogP contribution is 2.19. The van der Waals surface area contributed by atoms with Crippen LogP contribution in [0.1, 0.15) is 30.6 Å². The van der Waals surface area contributed by atoms with Crippen LogP contribution < -0.4 is 10.5 Å². The molecule has 0 radical (unpaired) electrons. The second-order valence-electron chi connectivity index (χ2n) is 4.35. The van der Waals surface area contributed by atoms with Crippen LogP contribution in [-0.4, -0.2) is 16.6 Å². The van der Waals surface area contributed by atoms with E-state index in [0.29, 0.717) is 6.61 Å². The van der Waals surface area contributed by atoms with Gasteiger partial charge in [-0.2, -0.15) is 0 Å². The summed E-state index contributed by atoms with van der Waals surface area (Å²) in [5, 5.41) is 0. The lowest BCUT2D eigenvalue weighted by atomic mass is 10.0. The number of hydrogen-bond donors (Lipinski definition) is 1. The zero-order valence-corrected chi connectivity index (χ0v) is 11.1. The molecule has 0 saturated carbocycles.